The Morgan fingerprint density at radius 1 is 1.33 bits per heavy atom. The van der Waals surface area contributed by atoms with Crippen molar-refractivity contribution < 1.29 is 4.39 Å². The number of hydrogen-bond acceptors (Lipinski definition) is 1. The van der Waals surface area contributed by atoms with Crippen molar-refractivity contribution in [1.82, 2.24) is 5.32 Å². The highest BCUT2D eigenvalue weighted by Gasteiger charge is 2.44. The van der Waals surface area contributed by atoms with Crippen molar-refractivity contribution in [3.63, 3.8) is 0 Å². The van der Waals surface area contributed by atoms with E-state index in [1.54, 1.807) is 6.07 Å². The van der Waals surface area contributed by atoms with Gasteiger partial charge in [0.2, 0.25) is 0 Å². The van der Waals surface area contributed by atoms with Crippen LogP contribution in [0.1, 0.15) is 31.2 Å². The summed E-state index contributed by atoms with van der Waals surface area (Å²) in [7, 11) is 0. The summed E-state index contributed by atoms with van der Waals surface area (Å²) in [5.74, 6) is -0.106. The van der Waals surface area contributed by atoms with E-state index in [0.29, 0.717) is 0 Å². The first kappa shape index (κ1) is 9.34. The standard InChI is InChI=1S/C13H16FN/c14-11-3-1-2-10(8-11)13(6-7-13)9-15-12-4-5-12/h1-3,8,12,15H,4-7,9H2. The second-order valence-electron chi connectivity index (χ2n) is 4.95. The van der Waals surface area contributed by atoms with Gasteiger partial charge in [0.1, 0.15) is 5.82 Å². The number of benzene rings is 1. The molecule has 1 N–H and O–H groups in total. The van der Waals surface area contributed by atoms with Crippen LogP contribution in [0, 0.1) is 5.82 Å². The van der Waals surface area contributed by atoms with Gasteiger partial charge in [0, 0.05) is 18.0 Å². The van der Waals surface area contributed by atoms with Crippen LogP contribution in [0.3, 0.4) is 0 Å². The molecule has 0 spiro atoms. The maximum atomic E-state index is 13.1. The number of rotatable bonds is 4. The lowest BCUT2D eigenvalue weighted by molar-refractivity contribution is 0.563. The minimum atomic E-state index is -0.106. The van der Waals surface area contributed by atoms with Gasteiger partial charge in [-0.1, -0.05) is 12.1 Å². The molecule has 1 aromatic carbocycles. The molecule has 0 amide bonds. The van der Waals surface area contributed by atoms with E-state index in [0.717, 1.165) is 12.6 Å². The summed E-state index contributed by atoms with van der Waals surface area (Å²) in [6, 6.07) is 7.85. The largest absolute Gasteiger partial charge is 0.313 e. The minimum absolute atomic E-state index is 0.106. The normalized spacial score (nSPS) is 22.7. The maximum Gasteiger partial charge on any atom is 0.123 e. The molecule has 0 radical (unpaired) electrons. The highest BCUT2D eigenvalue weighted by atomic mass is 19.1. The molecule has 0 aliphatic heterocycles. The quantitative estimate of drug-likeness (QED) is 0.796. The van der Waals surface area contributed by atoms with Crippen molar-refractivity contribution in [2.45, 2.75) is 37.1 Å². The van der Waals surface area contributed by atoms with Crippen molar-refractivity contribution >= 4 is 0 Å². The van der Waals surface area contributed by atoms with Gasteiger partial charge in [-0.3, -0.25) is 0 Å². The second kappa shape index (κ2) is 3.31. The van der Waals surface area contributed by atoms with Gasteiger partial charge in [-0.2, -0.15) is 0 Å². The third-order valence-electron chi connectivity index (χ3n) is 3.60. The van der Waals surface area contributed by atoms with E-state index >= 15 is 0 Å². The Hall–Kier alpha value is -0.890. The molecule has 80 valence electrons. The maximum absolute atomic E-state index is 13.1. The van der Waals surface area contributed by atoms with Crippen molar-refractivity contribution in [3.8, 4) is 0 Å². The summed E-state index contributed by atoms with van der Waals surface area (Å²) in [4.78, 5) is 0. The second-order valence-corrected chi connectivity index (χ2v) is 4.95. The van der Waals surface area contributed by atoms with E-state index < -0.39 is 0 Å². The molecular formula is C13H16FN. The Bertz CT molecular complexity index is 367. The van der Waals surface area contributed by atoms with E-state index in [1.165, 1.54) is 37.3 Å². The Kier molecular flexibility index (Phi) is 2.06. The summed E-state index contributed by atoms with van der Waals surface area (Å²) in [6.07, 6.45) is 5.05. The van der Waals surface area contributed by atoms with Crippen LogP contribution in [-0.2, 0) is 5.41 Å². The number of nitrogens with one attached hydrogen (secondary N) is 1. The average molecular weight is 205 g/mol. The van der Waals surface area contributed by atoms with Gasteiger partial charge in [-0.05, 0) is 43.4 Å². The van der Waals surface area contributed by atoms with Crippen LogP contribution >= 0.6 is 0 Å². The lowest BCUT2D eigenvalue weighted by atomic mass is 9.96. The Balaban J connectivity index is 1.73. The lowest BCUT2D eigenvalue weighted by Crippen LogP contribution is -2.28. The van der Waals surface area contributed by atoms with Crippen molar-refractivity contribution in [2.24, 2.45) is 0 Å². The Morgan fingerprint density at radius 3 is 2.73 bits per heavy atom. The highest BCUT2D eigenvalue weighted by Crippen LogP contribution is 2.48. The summed E-state index contributed by atoms with van der Waals surface area (Å²) in [5.41, 5.74) is 1.43. The van der Waals surface area contributed by atoms with Crippen LogP contribution in [0.25, 0.3) is 0 Å². The fraction of sp³-hybridized carbons (Fsp3) is 0.538. The first-order valence-corrected chi connectivity index (χ1v) is 5.78. The average Bonchev–Trinajstić information content (AvgIpc) is 3.12. The molecule has 0 aromatic heterocycles. The van der Waals surface area contributed by atoms with Gasteiger partial charge in [0.15, 0.2) is 0 Å². The van der Waals surface area contributed by atoms with E-state index in [1.807, 2.05) is 6.07 Å². The third kappa shape index (κ3) is 1.91. The van der Waals surface area contributed by atoms with E-state index in [2.05, 4.69) is 11.4 Å². The topological polar surface area (TPSA) is 12.0 Å². The zero-order valence-corrected chi connectivity index (χ0v) is 8.80. The number of hydrogen-bond donors (Lipinski definition) is 1. The zero-order valence-electron chi connectivity index (χ0n) is 8.80. The van der Waals surface area contributed by atoms with Crippen LogP contribution < -0.4 is 5.32 Å². The molecule has 0 saturated heterocycles. The molecule has 0 heterocycles. The van der Waals surface area contributed by atoms with Crippen LogP contribution in [-0.4, -0.2) is 12.6 Å². The van der Waals surface area contributed by atoms with Crippen LogP contribution in [0.4, 0.5) is 4.39 Å². The smallest absolute Gasteiger partial charge is 0.123 e. The predicted molar refractivity (Wildman–Crippen MR) is 58.3 cm³/mol. The van der Waals surface area contributed by atoms with E-state index in [-0.39, 0.29) is 11.2 Å². The van der Waals surface area contributed by atoms with Crippen molar-refractivity contribution in [1.29, 1.82) is 0 Å². The molecular weight excluding hydrogens is 189 g/mol. The molecule has 2 heteroatoms. The fourth-order valence-electron chi connectivity index (χ4n) is 2.16. The highest BCUT2D eigenvalue weighted by molar-refractivity contribution is 5.32. The monoisotopic (exact) mass is 205 g/mol. The zero-order chi connectivity index (χ0) is 10.3. The summed E-state index contributed by atoms with van der Waals surface area (Å²) in [5, 5.41) is 3.55. The molecule has 0 atom stereocenters. The first-order valence-electron chi connectivity index (χ1n) is 5.78. The molecule has 1 nitrogen and oxygen atoms in total. The molecule has 0 bridgehead atoms. The molecule has 0 unspecified atom stereocenters. The molecule has 2 fully saturated rings. The molecule has 1 aromatic rings. The van der Waals surface area contributed by atoms with Crippen molar-refractivity contribution in [2.75, 3.05) is 6.54 Å². The molecule has 2 saturated carbocycles. The third-order valence-corrected chi connectivity index (χ3v) is 3.60. The molecule has 2 aliphatic carbocycles. The van der Waals surface area contributed by atoms with Crippen LogP contribution in [0.5, 0.6) is 0 Å². The first-order chi connectivity index (χ1) is 7.28. The summed E-state index contributed by atoms with van der Waals surface area (Å²) >= 11 is 0. The Labute approximate surface area is 89.7 Å². The lowest BCUT2D eigenvalue weighted by Gasteiger charge is -2.16. The molecule has 3 rings (SSSR count). The minimum Gasteiger partial charge on any atom is -0.313 e. The van der Waals surface area contributed by atoms with Crippen LogP contribution in [0.2, 0.25) is 0 Å². The van der Waals surface area contributed by atoms with Crippen LogP contribution in [0.15, 0.2) is 24.3 Å². The number of halogens is 1. The van der Waals surface area contributed by atoms with Gasteiger partial charge < -0.3 is 5.32 Å². The van der Waals surface area contributed by atoms with Gasteiger partial charge in [-0.15, -0.1) is 0 Å². The predicted octanol–water partition coefficient (Wildman–Crippen LogP) is 2.61. The van der Waals surface area contributed by atoms with Gasteiger partial charge in [0.05, 0.1) is 0 Å². The van der Waals surface area contributed by atoms with Gasteiger partial charge >= 0.3 is 0 Å². The molecule has 2 aliphatic rings. The van der Waals surface area contributed by atoms with Gasteiger partial charge in [-0.25, -0.2) is 4.39 Å². The van der Waals surface area contributed by atoms with Gasteiger partial charge in [0.25, 0.3) is 0 Å². The van der Waals surface area contributed by atoms with E-state index in [9.17, 15) is 4.39 Å². The summed E-state index contributed by atoms with van der Waals surface area (Å²) < 4.78 is 13.1. The SMILES string of the molecule is Fc1cccc(C2(CNC3CC3)CC2)c1. The fourth-order valence-corrected chi connectivity index (χ4v) is 2.16. The summed E-state index contributed by atoms with van der Waals surface area (Å²) in [6.45, 7) is 1.03. The van der Waals surface area contributed by atoms with Crippen molar-refractivity contribution in [3.05, 3.63) is 35.6 Å². The molecule has 15 heavy (non-hydrogen) atoms. The Morgan fingerprint density at radius 2 is 2.13 bits per heavy atom. The van der Waals surface area contributed by atoms with E-state index in [4.69, 9.17) is 0 Å².